The Hall–Kier alpha value is -1.69. The zero-order valence-electron chi connectivity index (χ0n) is 9.19. The molecule has 0 unspecified atom stereocenters. The molecule has 0 aromatic carbocycles. The van der Waals surface area contributed by atoms with E-state index in [2.05, 4.69) is 25.6 Å². The van der Waals surface area contributed by atoms with Crippen molar-refractivity contribution in [2.24, 2.45) is 0 Å². The molecule has 0 saturated carbocycles. The van der Waals surface area contributed by atoms with Gasteiger partial charge in [0.15, 0.2) is 0 Å². The van der Waals surface area contributed by atoms with Crippen LogP contribution in [0.1, 0.15) is 10.7 Å². The van der Waals surface area contributed by atoms with E-state index in [9.17, 15) is 0 Å². The maximum atomic E-state index is 4.37. The van der Waals surface area contributed by atoms with Crippen LogP contribution in [0.2, 0.25) is 0 Å². The molecule has 0 atom stereocenters. The number of hydrogen-bond donors (Lipinski definition) is 2. The molecule has 0 fully saturated rings. The summed E-state index contributed by atoms with van der Waals surface area (Å²) >= 11 is 1.65. The highest BCUT2D eigenvalue weighted by atomic mass is 32.1. The molecule has 5 nitrogen and oxygen atoms in total. The minimum Gasteiger partial charge on any atom is -0.363 e. The molecule has 0 aliphatic heterocycles. The van der Waals surface area contributed by atoms with Gasteiger partial charge in [-0.3, -0.25) is 0 Å². The Labute approximate surface area is 98.0 Å². The summed E-state index contributed by atoms with van der Waals surface area (Å²) in [6.45, 7) is 2.68. The molecule has 6 heteroatoms. The molecule has 0 aliphatic carbocycles. The number of aryl methyl sites for hydroxylation is 1. The lowest BCUT2D eigenvalue weighted by atomic mass is 10.5. The van der Waals surface area contributed by atoms with Gasteiger partial charge >= 0.3 is 0 Å². The molecule has 16 heavy (non-hydrogen) atoms. The van der Waals surface area contributed by atoms with Gasteiger partial charge in [0.2, 0.25) is 5.95 Å². The molecule has 2 heterocycles. The third-order valence-corrected chi connectivity index (χ3v) is 2.93. The number of nitrogens with zero attached hydrogens (tertiary/aromatic N) is 3. The molecule has 0 spiro atoms. The van der Waals surface area contributed by atoms with Gasteiger partial charge in [0.05, 0.1) is 6.54 Å². The van der Waals surface area contributed by atoms with Crippen LogP contribution in [0.5, 0.6) is 0 Å². The third kappa shape index (κ3) is 2.66. The maximum Gasteiger partial charge on any atom is 0.224 e. The molecule has 0 aliphatic rings. The Morgan fingerprint density at radius 1 is 1.38 bits per heavy atom. The van der Waals surface area contributed by atoms with Crippen LogP contribution in [-0.2, 0) is 6.54 Å². The van der Waals surface area contributed by atoms with Crippen LogP contribution in [0.15, 0.2) is 17.6 Å². The van der Waals surface area contributed by atoms with E-state index in [1.54, 1.807) is 24.6 Å². The van der Waals surface area contributed by atoms with Crippen LogP contribution in [-0.4, -0.2) is 22.0 Å². The Morgan fingerprint density at radius 2 is 2.25 bits per heavy atom. The van der Waals surface area contributed by atoms with Crippen LogP contribution < -0.4 is 10.6 Å². The maximum absolute atomic E-state index is 4.37. The van der Waals surface area contributed by atoms with E-state index >= 15 is 0 Å². The van der Waals surface area contributed by atoms with Crippen molar-refractivity contribution < 1.29 is 0 Å². The molecular weight excluding hydrogens is 222 g/mol. The molecule has 2 N–H and O–H groups in total. The van der Waals surface area contributed by atoms with Gasteiger partial charge in [0, 0.05) is 24.3 Å². The van der Waals surface area contributed by atoms with Crippen molar-refractivity contribution in [3.8, 4) is 0 Å². The Bertz CT molecular complexity index is 468. The summed E-state index contributed by atoms with van der Waals surface area (Å²) in [4.78, 5) is 12.7. The van der Waals surface area contributed by atoms with Crippen molar-refractivity contribution in [1.29, 1.82) is 0 Å². The monoisotopic (exact) mass is 235 g/mol. The van der Waals surface area contributed by atoms with E-state index in [0.717, 1.165) is 16.5 Å². The summed E-state index contributed by atoms with van der Waals surface area (Å²) in [6.07, 6.45) is 1.72. The van der Waals surface area contributed by atoms with E-state index in [-0.39, 0.29) is 0 Å². The van der Waals surface area contributed by atoms with Gasteiger partial charge in [-0.1, -0.05) is 0 Å². The molecule has 0 bridgehead atoms. The average molecular weight is 235 g/mol. The minimum absolute atomic E-state index is 0.611. The first-order valence-corrected chi connectivity index (χ1v) is 5.81. The summed E-state index contributed by atoms with van der Waals surface area (Å²) in [5.41, 5.74) is 1.06. The fourth-order valence-corrected chi connectivity index (χ4v) is 1.94. The van der Waals surface area contributed by atoms with Gasteiger partial charge in [-0.2, -0.15) is 4.98 Å². The van der Waals surface area contributed by atoms with Crippen LogP contribution in [0.3, 0.4) is 0 Å². The number of rotatable bonds is 4. The molecule has 2 aromatic rings. The van der Waals surface area contributed by atoms with Gasteiger partial charge in [-0.15, -0.1) is 11.3 Å². The van der Waals surface area contributed by atoms with Crippen LogP contribution in [0.4, 0.5) is 11.8 Å². The number of anilines is 2. The summed E-state index contributed by atoms with van der Waals surface area (Å²) in [5, 5.41) is 9.20. The first-order chi connectivity index (χ1) is 7.78. The zero-order valence-corrected chi connectivity index (χ0v) is 10.0. The van der Waals surface area contributed by atoms with Crippen molar-refractivity contribution in [2.75, 3.05) is 17.7 Å². The predicted octanol–water partition coefficient (Wildman–Crippen LogP) is 1.90. The SMILES string of the molecule is CNc1nccc(NCc2nc(C)cs2)n1. The minimum atomic E-state index is 0.611. The number of thiazole rings is 1. The molecule has 84 valence electrons. The van der Waals surface area contributed by atoms with Gasteiger partial charge in [-0.05, 0) is 13.0 Å². The Morgan fingerprint density at radius 3 is 2.94 bits per heavy atom. The second kappa shape index (κ2) is 4.89. The summed E-state index contributed by atoms with van der Waals surface area (Å²) in [5.74, 6) is 1.41. The van der Waals surface area contributed by atoms with Crippen LogP contribution in [0.25, 0.3) is 0 Å². The highest BCUT2D eigenvalue weighted by Crippen LogP contribution is 2.11. The van der Waals surface area contributed by atoms with E-state index in [1.165, 1.54) is 0 Å². The molecule has 2 aromatic heterocycles. The topological polar surface area (TPSA) is 62.7 Å². The molecule has 0 radical (unpaired) electrons. The lowest BCUT2D eigenvalue weighted by molar-refractivity contribution is 1.04. The lowest BCUT2D eigenvalue weighted by Gasteiger charge is -2.04. The summed E-state index contributed by atoms with van der Waals surface area (Å²) in [7, 11) is 1.79. The highest BCUT2D eigenvalue weighted by Gasteiger charge is 2.00. The van der Waals surface area contributed by atoms with Gasteiger partial charge in [0.1, 0.15) is 10.8 Å². The molecule has 0 amide bonds. The normalized spacial score (nSPS) is 10.1. The fraction of sp³-hybridized carbons (Fsp3) is 0.300. The number of aromatic nitrogens is 3. The van der Waals surface area contributed by atoms with E-state index in [1.807, 2.05) is 18.4 Å². The van der Waals surface area contributed by atoms with Crippen molar-refractivity contribution in [3.63, 3.8) is 0 Å². The van der Waals surface area contributed by atoms with Crippen LogP contribution >= 0.6 is 11.3 Å². The molecule has 0 saturated heterocycles. The first kappa shape index (κ1) is 10.8. The second-order valence-corrected chi connectivity index (χ2v) is 4.19. The number of nitrogens with one attached hydrogen (secondary N) is 2. The van der Waals surface area contributed by atoms with Crippen molar-refractivity contribution in [2.45, 2.75) is 13.5 Å². The van der Waals surface area contributed by atoms with E-state index in [4.69, 9.17) is 0 Å². The van der Waals surface area contributed by atoms with Crippen molar-refractivity contribution in [3.05, 3.63) is 28.3 Å². The van der Waals surface area contributed by atoms with E-state index < -0.39 is 0 Å². The highest BCUT2D eigenvalue weighted by molar-refractivity contribution is 7.09. The quantitative estimate of drug-likeness (QED) is 0.847. The van der Waals surface area contributed by atoms with Crippen molar-refractivity contribution >= 4 is 23.1 Å². The van der Waals surface area contributed by atoms with Gasteiger partial charge < -0.3 is 10.6 Å². The lowest BCUT2D eigenvalue weighted by Crippen LogP contribution is -2.03. The van der Waals surface area contributed by atoms with Crippen LogP contribution in [0, 0.1) is 6.92 Å². The largest absolute Gasteiger partial charge is 0.363 e. The standard InChI is InChI=1S/C10H13N5S/c1-7-6-16-9(14-7)5-13-8-3-4-12-10(11-2)15-8/h3-4,6H,5H2,1-2H3,(H2,11,12,13,15). The summed E-state index contributed by atoms with van der Waals surface area (Å²) < 4.78 is 0. The predicted molar refractivity (Wildman–Crippen MR) is 65.8 cm³/mol. The first-order valence-electron chi connectivity index (χ1n) is 4.93. The third-order valence-electron chi connectivity index (χ3n) is 1.97. The Balaban J connectivity index is 1.99. The fourth-order valence-electron chi connectivity index (χ4n) is 1.23. The second-order valence-electron chi connectivity index (χ2n) is 3.25. The number of hydrogen-bond acceptors (Lipinski definition) is 6. The summed E-state index contributed by atoms with van der Waals surface area (Å²) in [6, 6.07) is 1.83. The average Bonchev–Trinajstić information content (AvgIpc) is 2.73. The van der Waals surface area contributed by atoms with E-state index in [0.29, 0.717) is 12.5 Å². The molecule has 2 rings (SSSR count). The smallest absolute Gasteiger partial charge is 0.224 e. The van der Waals surface area contributed by atoms with Crippen molar-refractivity contribution in [1.82, 2.24) is 15.0 Å². The van der Waals surface area contributed by atoms with Gasteiger partial charge in [0.25, 0.3) is 0 Å². The molecular formula is C10H13N5S. The Kier molecular flexibility index (Phi) is 3.31. The zero-order chi connectivity index (χ0) is 11.4. The van der Waals surface area contributed by atoms with Gasteiger partial charge in [-0.25, -0.2) is 9.97 Å².